The predicted molar refractivity (Wildman–Crippen MR) is 550 cm³/mol. The van der Waals surface area contributed by atoms with E-state index >= 15 is 0 Å². The lowest BCUT2D eigenvalue weighted by Gasteiger charge is -2.49. The first kappa shape index (κ1) is 97.6. The normalized spacial score (nSPS) is 18.3. The minimum Gasteiger partial charge on any atom is -0.433 e. The van der Waals surface area contributed by atoms with Gasteiger partial charge in [-0.2, -0.15) is 0 Å². The molecule has 31 heteroatoms. The summed E-state index contributed by atoms with van der Waals surface area (Å²) >= 11 is 0. The van der Waals surface area contributed by atoms with Crippen LogP contribution in [0.5, 0.6) is 0 Å². The summed E-state index contributed by atoms with van der Waals surface area (Å²) in [5, 5.41) is 10.8. The van der Waals surface area contributed by atoms with E-state index in [2.05, 4.69) is 423 Å². The Morgan fingerprint density at radius 1 is 0.104 bits per heavy atom. The second-order valence-corrected chi connectivity index (χ2v) is 92.7. The van der Waals surface area contributed by atoms with E-state index in [4.69, 9.17) is 61.7 Å². The zero-order chi connectivity index (χ0) is 90.0. The molecule has 0 saturated carbocycles. The highest BCUT2D eigenvalue weighted by molar-refractivity contribution is 7.08. The van der Waals surface area contributed by atoms with Crippen LogP contribution in [0.25, 0.3) is 0 Å². The summed E-state index contributed by atoms with van der Waals surface area (Å²) in [4.78, 5) is 0. The molecule has 656 valence electrons. The molecule has 12 aromatic rings. The first-order valence-electron chi connectivity index (χ1n) is 43.1. The van der Waals surface area contributed by atoms with Crippen LogP contribution in [0.2, 0.25) is 144 Å². The Bertz CT molecular complexity index is 5320. The van der Waals surface area contributed by atoms with Gasteiger partial charge in [0.25, 0.3) is 0 Å². The smallest absolute Gasteiger partial charge is 0.433 e. The van der Waals surface area contributed by atoms with E-state index in [-0.39, 0.29) is 0 Å². The molecule has 0 aliphatic rings. The van der Waals surface area contributed by atoms with E-state index in [1.54, 1.807) is 0 Å². The quantitative estimate of drug-likeness (QED) is 0.0335. The van der Waals surface area contributed by atoms with Gasteiger partial charge in [-0.3, -0.25) is 0 Å². The summed E-state index contributed by atoms with van der Waals surface area (Å²) in [5.74, 6) is 0. The zero-order valence-electron chi connectivity index (χ0n) is 76.8. The van der Waals surface area contributed by atoms with E-state index in [0.717, 1.165) is 62.2 Å². The van der Waals surface area contributed by atoms with Gasteiger partial charge in [-0.15, -0.1) is 0 Å². The number of rotatable bonds is 42. The van der Waals surface area contributed by atoms with Crippen LogP contribution >= 0.6 is 0 Å². The maximum absolute atomic E-state index is 8.54. The second kappa shape index (κ2) is 39.7. The Kier molecular flexibility index (Phi) is 31.0. The average Bonchev–Trinajstić information content (AvgIpc) is 0.667. The average molecular weight is 1950 g/mol. The Balaban J connectivity index is 0.999. The third kappa shape index (κ3) is 24.8. The summed E-state index contributed by atoms with van der Waals surface area (Å²) in [7, 11) is -57.4. The van der Waals surface area contributed by atoms with Crippen molar-refractivity contribution in [1.82, 2.24) is 0 Å². The highest BCUT2D eigenvalue weighted by atomic mass is 28.5. The molecule has 12 atom stereocenters. The monoisotopic (exact) mass is 1940 g/mol. The van der Waals surface area contributed by atoms with Crippen LogP contribution in [0.1, 0.15) is 0 Å². The van der Waals surface area contributed by atoms with Crippen molar-refractivity contribution in [3.05, 3.63) is 364 Å². The summed E-state index contributed by atoms with van der Waals surface area (Å²) in [5.41, 5.74) is 0. The fourth-order valence-electron chi connectivity index (χ4n) is 16.8. The molecule has 0 N–H and O–H groups in total. The Labute approximate surface area is 762 Å². The lowest BCUT2D eigenvalue weighted by molar-refractivity contribution is 0.228. The summed E-state index contributed by atoms with van der Waals surface area (Å²) in [6, 6.07) is 125. The third-order valence-electron chi connectivity index (χ3n) is 21.7. The Morgan fingerprint density at radius 2 is 0.192 bits per heavy atom. The van der Waals surface area contributed by atoms with Crippen LogP contribution < -0.4 is 62.2 Å². The summed E-state index contributed by atoms with van der Waals surface area (Å²) in [6.45, 7) is 47.7. The van der Waals surface area contributed by atoms with Gasteiger partial charge in [-0.05, 0) is 200 Å². The van der Waals surface area contributed by atoms with Gasteiger partial charge in [-0.25, -0.2) is 0 Å². The maximum Gasteiger partial charge on any atom is 0.468 e. The highest BCUT2D eigenvalue weighted by Gasteiger charge is 2.63. The first-order chi connectivity index (χ1) is 58.9. The summed E-state index contributed by atoms with van der Waals surface area (Å²) in [6.07, 6.45) is 0. The topological polar surface area (TPSA) is 138 Å². The van der Waals surface area contributed by atoms with Crippen molar-refractivity contribution < 1.29 is 61.7 Å². The molecule has 0 amide bonds. The molecule has 0 aromatic heterocycles. The van der Waals surface area contributed by atoms with E-state index in [0.29, 0.717) is 0 Å². The molecule has 125 heavy (non-hydrogen) atoms. The van der Waals surface area contributed by atoms with Crippen molar-refractivity contribution in [3.63, 3.8) is 0 Å². The number of benzene rings is 12. The van der Waals surface area contributed by atoms with Gasteiger partial charge in [0, 0.05) is 6.55 Å². The number of hydrogen-bond donors (Lipinski definition) is 0. The van der Waals surface area contributed by atoms with Crippen molar-refractivity contribution in [3.8, 4) is 0 Å². The molecule has 0 saturated heterocycles. The van der Waals surface area contributed by atoms with Crippen LogP contribution in [0.15, 0.2) is 364 Å². The minimum absolute atomic E-state index is 0.860. The molecule has 15 nitrogen and oxygen atoms in total. The fourth-order valence-corrected chi connectivity index (χ4v) is 94.9. The molecule has 0 radical (unpaired) electrons. The van der Waals surface area contributed by atoms with Crippen molar-refractivity contribution >= 4 is 199 Å². The van der Waals surface area contributed by atoms with Crippen LogP contribution in [0.4, 0.5) is 0 Å². The van der Waals surface area contributed by atoms with E-state index in [1.807, 2.05) is 84.9 Å². The minimum atomic E-state index is -4.10. The van der Waals surface area contributed by atoms with Crippen LogP contribution in [-0.4, -0.2) is 136 Å². The molecule has 0 aliphatic heterocycles. The molecule has 0 bridgehead atoms. The van der Waals surface area contributed by atoms with E-state index in [9.17, 15) is 0 Å². The van der Waals surface area contributed by atoms with Gasteiger partial charge >= 0.3 is 112 Å². The molecular weight excluding hydrogens is 1820 g/mol. The SMILES string of the molecule is C[Si](C)(C)O[Si](C)(O[Si](C)(C)C)O[Si](C)(O[Si](C)(O[Si](C)(O[Si](C)(O[Si](C)(O[Si](C)(O[Si](C)(O[Si](C)(O[Si](C)(O[Si](C)(O[Si](C)(O[Si](C)(O[Si](C)(C)C)c1ccccc1)c1ccccc1)c1ccccc1)c1ccccc1)c1ccccc1)c1ccccc1)c1ccccc1)c1ccccc1)c1ccccc1)c1ccccc1)c1ccccc1)c1ccccc1. The maximum atomic E-state index is 8.54. The van der Waals surface area contributed by atoms with Crippen LogP contribution in [0, 0.1) is 0 Å². The lowest BCUT2D eigenvalue weighted by Crippen LogP contribution is -2.76. The predicted octanol–water partition coefficient (Wildman–Crippen LogP) is 16.1. The third-order valence-corrected chi connectivity index (χ3v) is 87.5. The number of hydrogen-bond acceptors (Lipinski definition) is 15. The van der Waals surface area contributed by atoms with Crippen molar-refractivity contribution in [1.29, 1.82) is 0 Å². The Hall–Kier alpha value is -6.49. The van der Waals surface area contributed by atoms with Gasteiger partial charge in [0.15, 0.2) is 25.0 Å². The molecule has 0 aliphatic carbocycles. The van der Waals surface area contributed by atoms with Gasteiger partial charge in [0.1, 0.15) is 0 Å². The van der Waals surface area contributed by atoms with Gasteiger partial charge in [-0.1, -0.05) is 364 Å². The second-order valence-electron chi connectivity index (χ2n) is 36.5. The molecule has 12 unspecified atom stereocenters. The molecule has 12 aromatic carbocycles. The molecule has 0 heterocycles. The van der Waals surface area contributed by atoms with Gasteiger partial charge in [0.05, 0.1) is 0 Å². The largest absolute Gasteiger partial charge is 0.468 e. The summed E-state index contributed by atoms with van der Waals surface area (Å²) < 4.78 is 122. The molecule has 0 spiro atoms. The Morgan fingerprint density at radius 3 is 0.288 bits per heavy atom. The van der Waals surface area contributed by atoms with Crippen LogP contribution in [0.3, 0.4) is 0 Å². The highest BCUT2D eigenvalue weighted by Crippen LogP contribution is 2.37. The van der Waals surface area contributed by atoms with Crippen LogP contribution in [-0.2, 0) is 61.7 Å². The molecular formula is C94H126O15Si16. The fraction of sp³-hybridized carbons (Fsp3) is 0.234. The standard InChI is InChI=1S/C94H126O15Si16/c1-110(2,3)95-113(10,83-59-35-23-36-60-83)98-114(11,84-61-37-24-38-62-84)99-115(12,85-63-39-25-40-64-85)100-116(13,86-65-41-26-42-66-86)101-117(14,87-67-43-27-44-68-87)102-118(15,88-69-45-28-46-70-88)103-119(16,89-71-47-29-48-72-89)104-120(17,90-73-49-30-50-74-90)105-121(18,91-75-51-31-52-76-91)106-122(19,92-77-53-32-54-78-92)107-123(20,93-79-55-33-56-80-93)108-124(21,94-81-57-34-58-82-94)109-125(22,96-111(4,5)6)97-112(7,8)9/h23-82H,1-22H3. The molecule has 0 fully saturated rings. The first-order valence-corrected chi connectivity index (χ1v) is 83.3. The van der Waals surface area contributed by atoms with Crippen molar-refractivity contribution in [2.45, 2.75) is 144 Å². The van der Waals surface area contributed by atoms with Crippen molar-refractivity contribution in [2.75, 3.05) is 0 Å². The van der Waals surface area contributed by atoms with E-state index < -0.39 is 136 Å². The van der Waals surface area contributed by atoms with Crippen molar-refractivity contribution in [2.24, 2.45) is 0 Å². The van der Waals surface area contributed by atoms with Gasteiger partial charge in [0.2, 0.25) is 0 Å². The lowest BCUT2D eigenvalue weighted by atomic mass is 10.4. The molecule has 12 rings (SSSR count). The van der Waals surface area contributed by atoms with E-state index in [1.165, 1.54) is 0 Å². The van der Waals surface area contributed by atoms with Gasteiger partial charge < -0.3 is 61.7 Å². The zero-order valence-corrected chi connectivity index (χ0v) is 92.8.